The Labute approximate surface area is 140 Å². The number of hydrogen-bond acceptors (Lipinski definition) is 1. The van der Waals surface area contributed by atoms with Crippen molar-refractivity contribution >= 4 is 28.5 Å². The van der Waals surface area contributed by atoms with Crippen LogP contribution in [0.2, 0.25) is 5.02 Å². The fourth-order valence-electron chi connectivity index (χ4n) is 3.03. The Bertz CT molecular complexity index is 850. The summed E-state index contributed by atoms with van der Waals surface area (Å²) in [5.41, 5.74) is 4.53. The molecule has 0 spiro atoms. The minimum absolute atomic E-state index is 0.137. The summed E-state index contributed by atoms with van der Waals surface area (Å²) < 4.78 is 2.22. The molecule has 0 bridgehead atoms. The molecule has 3 nitrogen and oxygen atoms in total. The molecule has 0 aliphatic carbocycles. The molecule has 0 fully saturated rings. The number of para-hydroxylation sites is 1. The standard InChI is InChI=1S/C19H18ClNO2/c1-13-16-4-2-3-5-18(16)21(17(13)10-11-19(22)23)12-14-6-8-15(20)9-7-14/h2-9H,10-12H2,1H3,(H,22,23). The average molecular weight is 328 g/mol. The van der Waals surface area contributed by atoms with Crippen molar-refractivity contribution in [1.29, 1.82) is 0 Å². The van der Waals surface area contributed by atoms with E-state index in [1.165, 1.54) is 5.39 Å². The van der Waals surface area contributed by atoms with E-state index in [2.05, 4.69) is 23.6 Å². The topological polar surface area (TPSA) is 42.2 Å². The van der Waals surface area contributed by atoms with Crippen LogP contribution in [0.25, 0.3) is 10.9 Å². The van der Waals surface area contributed by atoms with E-state index in [0.29, 0.717) is 18.0 Å². The number of aryl methyl sites for hydroxylation is 1. The zero-order valence-corrected chi connectivity index (χ0v) is 13.7. The zero-order chi connectivity index (χ0) is 16.4. The third-order valence-electron chi connectivity index (χ3n) is 4.19. The maximum absolute atomic E-state index is 11.0. The van der Waals surface area contributed by atoms with Gasteiger partial charge in [0.05, 0.1) is 6.42 Å². The Morgan fingerprint density at radius 2 is 1.83 bits per heavy atom. The summed E-state index contributed by atoms with van der Waals surface area (Å²) in [6.45, 7) is 2.78. The van der Waals surface area contributed by atoms with E-state index >= 15 is 0 Å². The van der Waals surface area contributed by atoms with Gasteiger partial charge in [0, 0.05) is 28.2 Å². The molecule has 1 N–H and O–H groups in total. The lowest BCUT2D eigenvalue weighted by atomic mass is 10.1. The molecule has 0 atom stereocenters. The molecule has 0 aliphatic heterocycles. The second kappa shape index (κ2) is 6.47. The largest absolute Gasteiger partial charge is 0.481 e. The van der Waals surface area contributed by atoms with Crippen molar-refractivity contribution in [2.24, 2.45) is 0 Å². The van der Waals surface area contributed by atoms with Gasteiger partial charge in [-0.05, 0) is 42.7 Å². The van der Waals surface area contributed by atoms with Crippen LogP contribution in [0.1, 0.15) is 23.2 Å². The minimum atomic E-state index is -0.771. The van der Waals surface area contributed by atoms with E-state index in [0.717, 1.165) is 22.3 Å². The van der Waals surface area contributed by atoms with Crippen LogP contribution in [0.4, 0.5) is 0 Å². The van der Waals surface area contributed by atoms with E-state index in [4.69, 9.17) is 16.7 Å². The summed E-state index contributed by atoms with van der Waals surface area (Å²) in [6.07, 6.45) is 0.668. The number of aromatic nitrogens is 1. The van der Waals surface area contributed by atoms with E-state index < -0.39 is 5.97 Å². The van der Waals surface area contributed by atoms with Crippen LogP contribution in [0, 0.1) is 6.92 Å². The fourth-order valence-corrected chi connectivity index (χ4v) is 3.16. The molecule has 118 valence electrons. The highest BCUT2D eigenvalue weighted by Crippen LogP contribution is 2.27. The highest BCUT2D eigenvalue weighted by atomic mass is 35.5. The van der Waals surface area contributed by atoms with Gasteiger partial charge in [-0.1, -0.05) is 41.9 Å². The van der Waals surface area contributed by atoms with E-state index in [1.54, 1.807) is 0 Å². The van der Waals surface area contributed by atoms with Gasteiger partial charge in [0.15, 0.2) is 0 Å². The first-order valence-electron chi connectivity index (χ1n) is 7.59. The molecule has 0 aliphatic rings. The lowest BCUT2D eigenvalue weighted by Crippen LogP contribution is -2.07. The molecule has 1 heterocycles. The van der Waals surface area contributed by atoms with Gasteiger partial charge in [-0.25, -0.2) is 0 Å². The summed E-state index contributed by atoms with van der Waals surface area (Å²) in [4.78, 5) is 11.0. The van der Waals surface area contributed by atoms with Crippen molar-refractivity contribution in [3.8, 4) is 0 Å². The number of hydrogen-bond donors (Lipinski definition) is 1. The van der Waals surface area contributed by atoms with Crippen molar-refractivity contribution in [3.05, 3.63) is 70.4 Å². The molecule has 0 radical (unpaired) electrons. The molecule has 0 saturated heterocycles. The molecule has 3 rings (SSSR count). The monoisotopic (exact) mass is 327 g/mol. The number of rotatable bonds is 5. The fraction of sp³-hybridized carbons (Fsp3) is 0.211. The minimum Gasteiger partial charge on any atom is -0.481 e. The van der Waals surface area contributed by atoms with Crippen molar-refractivity contribution in [2.75, 3.05) is 0 Å². The summed E-state index contributed by atoms with van der Waals surface area (Å²) in [6, 6.07) is 16.0. The van der Waals surface area contributed by atoms with Crippen LogP contribution in [-0.4, -0.2) is 15.6 Å². The SMILES string of the molecule is Cc1c(CCC(=O)O)n(Cc2ccc(Cl)cc2)c2ccccc12. The summed E-state index contributed by atoms with van der Waals surface area (Å²) in [7, 11) is 0. The first-order valence-corrected chi connectivity index (χ1v) is 7.97. The maximum Gasteiger partial charge on any atom is 0.303 e. The summed E-state index contributed by atoms with van der Waals surface area (Å²) >= 11 is 5.96. The number of aliphatic carboxylic acids is 1. The van der Waals surface area contributed by atoms with Crippen LogP contribution in [0.3, 0.4) is 0 Å². The second-order valence-corrected chi connectivity index (χ2v) is 6.13. The number of benzene rings is 2. The summed E-state index contributed by atoms with van der Waals surface area (Å²) in [5.74, 6) is -0.771. The number of nitrogens with zero attached hydrogens (tertiary/aromatic N) is 1. The Morgan fingerprint density at radius 1 is 1.13 bits per heavy atom. The lowest BCUT2D eigenvalue weighted by molar-refractivity contribution is -0.136. The van der Waals surface area contributed by atoms with Crippen molar-refractivity contribution in [1.82, 2.24) is 4.57 Å². The van der Waals surface area contributed by atoms with Gasteiger partial charge < -0.3 is 9.67 Å². The zero-order valence-electron chi connectivity index (χ0n) is 12.9. The van der Waals surface area contributed by atoms with Gasteiger partial charge in [-0.15, -0.1) is 0 Å². The van der Waals surface area contributed by atoms with Crippen LogP contribution >= 0.6 is 11.6 Å². The third kappa shape index (κ3) is 3.25. The molecule has 0 unspecified atom stereocenters. The number of carboxylic acid groups (broad SMARTS) is 1. The summed E-state index contributed by atoms with van der Waals surface area (Å²) in [5, 5.41) is 10.9. The van der Waals surface area contributed by atoms with Crippen molar-refractivity contribution < 1.29 is 9.90 Å². The van der Waals surface area contributed by atoms with Gasteiger partial charge in [0.2, 0.25) is 0 Å². The van der Waals surface area contributed by atoms with Gasteiger partial charge in [-0.3, -0.25) is 4.79 Å². The quantitative estimate of drug-likeness (QED) is 0.740. The van der Waals surface area contributed by atoms with Crippen LogP contribution in [0.15, 0.2) is 48.5 Å². The molecule has 1 aromatic heterocycles. The van der Waals surface area contributed by atoms with Gasteiger partial charge >= 0.3 is 5.97 Å². The number of carboxylic acids is 1. The van der Waals surface area contributed by atoms with Gasteiger partial charge in [0.1, 0.15) is 0 Å². The van der Waals surface area contributed by atoms with Crippen LogP contribution in [-0.2, 0) is 17.8 Å². The molecular formula is C19H18ClNO2. The molecule has 3 aromatic rings. The van der Waals surface area contributed by atoms with E-state index in [1.807, 2.05) is 36.4 Å². The molecule has 4 heteroatoms. The molecule has 23 heavy (non-hydrogen) atoms. The Hall–Kier alpha value is -2.26. The molecule has 0 saturated carbocycles. The van der Waals surface area contributed by atoms with Crippen molar-refractivity contribution in [3.63, 3.8) is 0 Å². The predicted molar refractivity (Wildman–Crippen MR) is 93.2 cm³/mol. The van der Waals surface area contributed by atoms with Crippen LogP contribution in [0.5, 0.6) is 0 Å². The van der Waals surface area contributed by atoms with Crippen molar-refractivity contribution in [2.45, 2.75) is 26.3 Å². The van der Waals surface area contributed by atoms with Gasteiger partial charge in [-0.2, -0.15) is 0 Å². The predicted octanol–water partition coefficient (Wildman–Crippen LogP) is 4.67. The number of fused-ring (bicyclic) bond motifs is 1. The molecule has 2 aromatic carbocycles. The Morgan fingerprint density at radius 3 is 2.52 bits per heavy atom. The van der Waals surface area contributed by atoms with E-state index in [9.17, 15) is 4.79 Å². The highest BCUT2D eigenvalue weighted by molar-refractivity contribution is 6.30. The first kappa shape index (κ1) is 15.6. The maximum atomic E-state index is 11.0. The first-order chi connectivity index (χ1) is 11.1. The number of halogens is 1. The Kier molecular flexibility index (Phi) is 4.39. The second-order valence-electron chi connectivity index (χ2n) is 5.70. The Balaban J connectivity index is 2.06. The third-order valence-corrected chi connectivity index (χ3v) is 4.44. The number of carbonyl (C=O) groups is 1. The van der Waals surface area contributed by atoms with Gasteiger partial charge in [0.25, 0.3) is 0 Å². The smallest absolute Gasteiger partial charge is 0.303 e. The highest BCUT2D eigenvalue weighted by Gasteiger charge is 2.15. The normalized spacial score (nSPS) is 11.0. The molecular weight excluding hydrogens is 310 g/mol. The van der Waals surface area contributed by atoms with E-state index in [-0.39, 0.29) is 6.42 Å². The molecule has 0 amide bonds. The lowest BCUT2D eigenvalue weighted by Gasteiger charge is -2.11. The average Bonchev–Trinajstić information content (AvgIpc) is 2.80. The van der Waals surface area contributed by atoms with Crippen LogP contribution < -0.4 is 0 Å².